The number of aryl methyl sites for hydroxylation is 2. The molecule has 1 aromatic carbocycles. The summed E-state index contributed by atoms with van der Waals surface area (Å²) in [4.78, 5) is 7.55. The van der Waals surface area contributed by atoms with Gasteiger partial charge in [0.05, 0.1) is 12.2 Å². The van der Waals surface area contributed by atoms with Gasteiger partial charge in [-0.1, -0.05) is 37.1 Å². The van der Waals surface area contributed by atoms with Crippen LogP contribution in [0.3, 0.4) is 0 Å². The first-order valence-electron chi connectivity index (χ1n) is 12.3. The molecule has 1 aromatic heterocycles. The van der Waals surface area contributed by atoms with E-state index in [2.05, 4.69) is 72.6 Å². The first kappa shape index (κ1) is 24.3. The molecule has 3 rings (SSSR count). The highest BCUT2D eigenvalue weighted by atomic mass is 15.3. The van der Waals surface area contributed by atoms with Crippen LogP contribution in [0.2, 0.25) is 0 Å². The summed E-state index contributed by atoms with van der Waals surface area (Å²) in [7, 11) is 2.01. The maximum atomic E-state index is 4.94. The molecular weight excluding hydrogens is 396 g/mol. The highest BCUT2D eigenvalue weighted by Gasteiger charge is 2.15. The van der Waals surface area contributed by atoms with Crippen molar-refractivity contribution in [1.82, 2.24) is 25.3 Å². The number of likely N-dealkylation sites (tertiary alicyclic amines) is 1. The van der Waals surface area contributed by atoms with E-state index in [-0.39, 0.29) is 6.04 Å². The summed E-state index contributed by atoms with van der Waals surface area (Å²) in [6, 6.07) is 9.05. The lowest BCUT2D eigenvalue weighted by Gasteiger charge is -2.21. The molecule has 6 nitrogen and oxygen atoms in total. The van der Waals surface area contributed by atoms with Gasteiger partial charge in [0.1, 0.15) is 0 Å². The van der Waals surface area contributed by atoms with Gasteiger partial charge in [-0.2, -0.15) is 5.10 Å². The van der Waals surface area contributed by atoms with E-state index in [0.29, 0.717) is 6.54 Å². The zero-order valence-electron chi connectivity index (χ0n) is 20.7. The van der Waals surface area contributed by atoms with Crippen LogP contribution in [0.1, 0.15) is 67.6 Å². The number of nitrogens with one attached hydrogen (secondary N) is 2. The third kappa shape index (κ3) is 6.83. The molecule has 176 valence electrons. The van der Waals surface area contributed by atoms with Gasteiger partial charge in [0, 0.05) is 31.9 Å². The van der Waals surface area contributed by atoms with Gasteiger partial charge in [-0.15, -0.1) is 0 Å². The van der Waals surface area contributed by atoms with Crippen LogP contribution in [-0.4, -0.2) is 46.3 Å². The lowest BCUT2D eigenvalue weighted by Crippen LogP contribution is -2.43. The minimum Gasteiger partial charge on any atom is -0.357 e. The monoisotopic (exact) mass is 438 g/mol. The summed E-state index contributed by atoms with van der Waals surface area (Å²) in [5.41, 5.74) is 6.40. The van der Waals surface area contributed by atoms with Gasteiger partial charge in [0.25, 0.3) is 0 Å². The third-order valence-corrected chi connectivity index (χ3v) is 6.52. The molecule has 0 radical (unpaired) electrons. The molecule has 1 saturated heterocycles. The fraction of sp³-hybridized carbons (Fsp3) is 0.615. The van der Waals surface area contributed by atoms with Crippen LogP contribution in [0.4, 0.5) is 0 Å². The van der Waals surface area contributed by atoms with Gasteiger partial charge >= 0.3 is 0 Å². The van der Waals surface area contributed by atoms with E-state index < -0.39 is 0 Å². The molecule has 1 fully saturated rings. The number of rotatable bonds is 8. The lowest BCUT2D eigenvalue weighted by atomic mass is 10.1. The van der Waals surface area contributed by atoms with Crippen molar-refractivity contribution in [1.29, 1.82) is 0 Å². The molecule has 0 saturated carbocycles. The lowest BCUT2D eigenvalue weighted by molar-refractivity contribution is 0.276. The molecule has 1 atom stereocenters. The largest absolute Gasteiger partial charge is 0.357 e. The van der Waals surface area contributed by atoms with E-state index >= 15 is 0 Å². The Kier molecular flexibility index (Phi) is 9.15. The molecule has 6 heteroatoms. The molecule has 0 bridgehead atoms. The number of benzene rings is 1. The van der Waals surface area contributed by atoms with Crippen LogP contribution >= 0.6 is 0 Å². The van der Waals surface area contributed by atoms with Gasteiger partial charge in [-0.3, -0.25) is 9.58 Å². The molecule has 2 aromatic rings. The SMILES string of the molecule is CCNC(=NCc1ccccc1CN1CCCCCC1)NC(C)Cc1c(C)nn(C)c1C. The van der Waals surface area contributed by atoms with Crippen LogP contribution < -0.4 is 10.6 Å². The van der Waals surface area contributed by atoms with Gasteiger partial charge < -0.3 is 10.6 Å². The Morgan fingerprint density at radius 3 is 2.41 bits per heavy atom. The highest BCUT2D eigenvalue weighted by molar-refractivity contribution is 5.80. The van der Waals surface area contributed by atoms with E-state index in [4.69, 9.17) is 4.99 Å². The summed E-state index contributed by atoms with van der Waals surface area (Å²) < 4.78 is 1.97. The van der Waals surface area contributed by atoms with Crippen molar-refractivity contribution < 1.29 is 0 Å². The first-order chi connectivity index (χ1) is 15.5. The molecule has 0 amide bonds. The van der Waals surface area contributed by atoms with E-state index in [1.54, 1.807) is 0 Å². The molecule has 2 heterocycles. The third-order valence-electron chi connectivity index (χ3n) is 6.52. The van der Waals surface area contributed by atoms with Crippen LogP contribution in [0, 0.1) is 13.8 Å². The molecule has 1 unspecified atom stereocenters. The Bertz CT molecular complexity index is 876. The van der Waals surface area contributed by atoms with Crippen molar-refractivity contribution in [3.8, 4) is 0 Å². The van der Waals surface area contributed by atoms with Gasteiger partial charge in [0.2, 0.25) is 0 Å². The second-order valence-corrected chi connectivity index (χ2v) is 9.18. The van der Waals surface area contributed by atoms with Crippen molar-refractivity contribution in [2.75, 3.05) is 19.6 Å². The Balaban J connectivity index is 1.65. The number of aliphatic imine (C=N–C) groups is 1. The Morgan fingerprint density at radius 1 is 1.09 bits per heavy atom. The summed E-state index contributed by atoms with van der Waals surface area (Å²) >= 11 is 0. The predicted octanol–water partition coefficient (Wildman–Crippen LogP) is 4.10. The standard InChI is InChI=1S/C26H42N6/c1-6-27-26(29-20(2)17-25-21(3)30-31(5)22(25)4)28-18-23-13-9-10-14-24(23)19-32-15-11-7-8-12-16-32/h9-10,13-14,20H,6-8,11-12,15-19H2,1-5H3,(H2,27,28,29). The van der Waals surface area contributed by atoms with Crippen LogP contribution in [0.15, 0.2) is 29.3 Å². The molecule has 2 N–H and O–H groups in total. The summed E-state index contributed by atoms with van der Waals surface area (Å²) in [5, 5.41) is 11.6. The number of aromatic nitrogens is 2. The second kappa shape index (κ2) is 12.0. The smallest absolute Gasteiger partial charge is 0.191 e. The second-order valence-electron chi connectivity index (χ2n) is 9.18. The zero-order chi connectivity index (χ0) is 22.9. The summed E-state index contributed by atoms with van der Waals surface area (Å²) in [6.45, 7) is 13.6. The average molecular weight is 439 g/mol. The highest BCUT2D eigenvalue weighted by Crippen LogP contribution is 2.17. The van der Waals surface area contributed by atoms with Crippen molar-refractivity contribution in [3.05, 3.63) is 52.3 Å². The average Bonchev–Trinajstić information content (AvgIpc) is 2.95. The van der Waals surface area contributed by atoms with Crippen LogP contribution in [0.5, 0.6) is 0 Å². The number of hydrogen-bond acceptors (Lipinski definition) is 3. The van der Waals surface area contributed by atoms with E-state index in [9.17, 15) is 0 Å². The summed E-state index contributed by atoms with van der Waals surface area (Å²) in [5.74, 6) is 0.878. The zero-order valence-corrected chi connectivity index (χ0v) is 20.7. The quantitative estimate of drug-likeness (QED) is 0.481. The fourth-order valence-corrected chi connectivity index (χ4v) is 4.59. The first-order valence-corrected chi connectivity index (χ1v) is 12.3. The molecule has 1 aliphatic rings. The van der Waals surface area contributed by atoms with Crippen molar-refractivity contribution >= 4 is 5.96 Å². The van der Waals surface area contributed by atoms with E-state index in [1.807, 2.05) is 11.7 Å². The van der Waals surface area contributed by atoms with Crippen molar-refractivity contribution in [3.63, 3.8) is 0 Å². The number of guanidine groups is 1. The topological polar surface area (TPSA) is 57.5 Å². The van der Waals surface area contributed by atoms with Crippen LogP contribution in [0.25, 0.3) is 0 Å². The Labute approximate surface area is 194 Å². The maximum absolute atomic E-state index is 4.94. The molecule has 0 spiro atoms. The normalized spacial score (nSPS) is 16.6. The minimum atomic E-state index is 0.266. The van der Waals surface area contributed by atoms with E-state index in [1.165, 1.54) is 61.2 Å². The van der Waals surface area contributed by atoms with Crippen LogP contribution in [-0.2, 0) is 26.6 Å². The fourth-order valence-electron chi connectivity index (χ4n) is 4.59. The van der Waals surface area contributed by atoms with Crippen molar-refractivity contribution in [2.24, 2.45) is 12.0 Å². The van der Waals surface area contributed by atoms with Gasteiger partial charge in [0.15, 0.2) is 5.96 Å². The predicted molar refractivity (Wildman–Crippen MR) is 134 cm³/mol. The number of nitrogens with zero attached hydrogens (tertiary/aromatic N) is 4. The minimum absolute atomic E-state index is 0.266. The summed E-state index contributed by atoms with van der Waals surface area (Å²) in [6.07, 6.45) is 6.32. The molecule has 1 aliphatic heterocycles. The van der Waals surface area contributed by atoms with Gasteiger partial charge in [-0.05, 0) is 76.7 Å². The Hall–Kier alpha value is -2.34. The Morgan fingerprint density at radius 2 is 1.78 bits per heavy atom. The van der Waals surface area contributed by atoms with E-state index in [0.717, 1.165) is 31.2 Å². The molecular formula is C26H42N6. The maximum Gasteiger partial charge on any atom is 0.191 e. The number of hydrogen-bond donors (Lipinski definition) is 2. The molecule has 32 heavy (non-hydrogen) atoms. The molecule has 0 aliphatic carbocycles. The van der Waals surface area contributed by atoms with Gasteiger partial charge in [-0.25, -0.2) is 4.99 Å². The van der Waals surface area contributed by atoms with Crippen molar-refractivity contribution in [2.45, 2.75) is 78.9 Å².